The first kappa shape index (κ1) is 14.7. The van der Waals surface area contributed by atoms with Crippen LogP contribution in [0.2, 0.25) is 5.28 Å². The molecule has 0 aliphatic carbocycles. The van der Waals surface area contributed by atoms with Gasteiger partial charge < -0.3 is 9.80 Å². The molecule has 0 spiro atoms. The van der Waals surface area contributed by atoms with E-state index in [1.807, 2.05) is 11.8 Å². The largest absolute Gasteiger partial charge is 0.341 e. The third-order valence-electron chi connectivity index (χ3n) is 3.15. The van der Waals surface area contributed by atoms with Gasteiger partial charge in [0.05, 0.1) is 0 Å². The Kier molecular flexibility index (Phi) is 5.10. The Balaban J connectivity index is 2.25. The number of hydrogen-bond donors (Lipinski definition) is 0. The van der Waals surface area contributed by atoms with Crippen LogP contribution in [0.1, 0.15) is 20.8 Å². The molecule has 0 amide bonds. The van der Waals surface area contributed by atoms with Gasteiger partial charge in [0.2, 0.25) is 17.2 Å². The molecule has 0 radical (unpaired) electrons. The van der Waals surface area contributed by atoms with Crippen LogP contribution in [0, 0.1) is 0 Å². The van der Waals surface area contributed by atoms with E-state index in [1.54, 1.807) is 0 Å². The van der Waals surface area contributed by atoms with Crippen molar-refractivity contribution in [2.24, 2.45) is 0 Å². The molecular weight excluding hydrogens is 282 g/mol. The highest BCUT2D eigenvalue weighted by Gasteiger charge is 2.21. The Morgan fingerprint density at radius 1 is 1.32 bits per heavy atom. The number of thioether (sulfide) groups is 1. The van der Waals surface area contributed by atoms with Gasteiger partial charge in [-0.3, -0.25) is 0 Å². The van der Waals surface area contributed by atoms with Gasteiger partial charge in [0.1, 0.15) is 0 Å². The van der Waals surface area contributed by atoms with Crippen molar-refractivity contribution < 1.29 is 0 Å². The summed E-state index contributed by atoms with van der Waals surface area (Å²) in [5.74, 6) is 2.48. The molecule has 0 N–H and O–H groups in total. The van der Waals surface area contributed by atoms with Gasteiger partial charge in [0.15, 0.2) is 0 Å². The van der Waals surface area contributed by atoms with Crippen molar-refractivity contribution in [2.75, 3.05) is 41.7 Å². The molecular formula is C12H20ClN5S. The van der Waals surface area contributed by atoms with Crippen molar-refractivity contribution in [3.63, 3.8) is 0 Å². The van der Waals surface area contributed by atoms with E-state index in [0.29, 0.717) is 17.1 Å². The molecule has 1 aromatic rings. The Bertz CT molecular complexity index is 427. The summed E-state index contributed by atoms with van der Waals surface area (Å²) in [6, 6.07) is 0. The van der Waals surface area contributed by atoms with Gasteiger partial charge in [0.25, 0.3) is 0 Å². The van der Waals surface area contributed by atoms with Crippen LogP contribution in [-0.4, -0.2) is 52.1 Å². The smallest absolute Gasteiger partial charge is 0.231 e. The second-order valence-corrected chi connectivity index (χ2v) is 6.39. The summed E-state index contributed by atoms with van der Waals surface area (Å²) in [6.07, 6.45) is 0. The third-order valence-corrected chi connectivity index (χ3v) is 4.46. The van der Waals surface area contributed by atoms with E-state index in [1.165, 1.54) is 0 Å². The lowest BCUT2D eigenvalue weighted by atomic mass is 10.4. The summed E-state index contributed by atoms with van der Waals surface area (Å²) in [4.78, 5) is 17.4. The third kappa shape index (κ3) is 3.63. The molecule has 1 saturated heterocycles. The Morgan fingerprint density at radius 2 is 2.05 bits per heavy atom. The van der Waals surface area contributed by atoms with E-state index in [-0.39, 0.29) is 5.28 Å². The molecule has 0 bridgehead atoms. The Hall–Kier alpha value is -0.750. The summed E-state index contributed by atoms with van der Waals surface area (Å²) < 4.78 is 0. The molecule has 106 valence electrons. The van der Waals surface area contributed by atoms with Crippen molar-refractivity contribution in [1.82, 2.24) is 15.0 Å². The summed E-state index contributed by atoms with van der Waals surface area (Å²) in [7, 11) is 0. The molecule has 0 saturated carbocycles. The van der Waals surface area contributed by atoms with Gasteiger partial charge in [0, 0.05) is 37.2 Å². The molecule has 0 aromatic carbocycles. The number of hydrogen-bond acceptors (Lipinski definition) is 6. The summed E-state index contributed by atoms with van der Waals surface area (Å²) in [5, 5.41) is 0.874. The average Bonchev–Trinajstić information content (AvgIpc) is 2.39. The first-order valence-corrected chi connectivity index (χ1v) is 8.09. The van der Waals surface area contributed by atoms with Gasteiger partial charge in [-0.2, -0.15) is 26.7 Å². The number of aromatic nitrogens is 3. The summed E-state index contributed by atoms with van der Waals surface area (Å²) >= 11 is 8.03. The van der Waals surface area contributed by atoms with E-state index in [4.69, 9.17) is 11.6 Å². The van der Waals surface area contributed by atoms with Gasteiger partial charge in [-0.25, -0.2) is 0 Å². The average molecular weight is 302 g/mol. The van der Waals surface area contributed by atoms with Gasteiger partial charge >= 0.3 is 0 Å². The van der Waals surface area contributed by atoms with Crippen molar-refractivity contribution in [3.8, 4) is 0 Å². The number of nitrogens with zero attached hydrogens (tertiary/aromatic N) is 5. The molecule has 2 heterocycles. The van der Waals surface area contributed by atoms with Crippen LogP contribution >= 0.6 is 23.4 Å². The molecule has 1 aliphatic rings. The molecule has 7 heteroatoms. The van der Waals surface area contributed by atoms with Crippen LogP contribution < -0.4 is 9.80 Å². The predicted molar refractivity (Wildman–Crippen MR) is 82.5 cm³/mol. The highest BCUT2D eigenvalue weighted by Crippen LogP contribution is 2.23. The van der Waals surface area contributed by atoms with E-state index in [2.05, 4.69) is 45.5 Å². The SMILES string of the molecule is CCN(CC)c1nc(Cl)nc(N2CCSC(C)C2)n1. The highest BCUT2D eigenvalue weighted by molar-refractivity contribution is 8.00. The first-order valence-electron chi connectivity index (χ1n) is 6.67. The quantitative estimate of drug-likeness (QED) is 0.850. The van der Waals surface area contributed by atoms with Crippen LogP contribution in [0.4, 0.5) is 11.9 Å². The molecule has 1 atom stereocenters. The lowest BCUT2D eigenvalue weighted by Crippen LogP contribution is -2.38. The standard InChI is InChI=1S/C12H20ClN5S/c1-4-17(5-2)11-14-10(13)15-12(16-11)18-6-7-19-9(3)8-18/h9H,4-8H2,1-3H3. The monoisotopic (exact) mass is 301 g/mol. The van der Waals surface area contributed by atoms with Crippen molar-refractivity contribution in [3.05, 3.63) is 5.28 Å². The van der Waals surface area contributed by atoms with E-state index < -0.39 is 0 Å². The molecule has 1 aromatic heterocycles. The fourth-order valence-corrected chi connectivity index (χ4v) is 3.28. The Morgan fingerprint density at radius 3 is 2.68 bits per heavy atom. The van der Waals surface area contributed by atoms with Gasteiger partial charge in [-0.1, -0.05) is 6.92 Å². The minimum Gasteiger partial charge on any atom is -0.341 e. The summed E-state index contributed by atoms with van der Waals surface area (Å²) in [6.45, 7) is 10.0. The fourth-order valence-electron chi connectivity index (χ4n) is 2.12. The predicted octanol–water partition coefficient (Wildman–Crippen LogP) is 2.31. The van der Waals surface area contributed by atoms with Crippen LogP contribution in [0.15, 0.2) is 0 Å². The lowest BCUT2D eigenvalue weighted by Gasteiger charge is -2.31. The topological polar surface area (TPSA) is 45.2 Å². The van der Waals surface area contributed by atoms with Crippen molar-refractivity contribution in [1.29, 1.82) is 0 Å². The van der Waals surface area contributed by atoms with E-state index in [9.17, 15) is 0 Å². The second kappa shape index (κ2) is 6.61. The minimum absolute atomic E-state index is 0.276. The van der Waals surface area contributed by atoms with Gasteiger partial charge in [-0.15, -0.1) is 0 Å². The zero-order valence-electron chi connectivity index (χ0n) is 11.6. The lowest BCUT2D eigenvalue weighted by molar-refractivity contribution is 0.738. The van der Waals surface area contributed by atoms with Crippen LogP contribution in [0.25, 0.3) is 0 Å². The van der Waals surface area contributed by atoms with E-state index in [0.717, 1.165) is 31.9 Å². The van der Waals surface area contributed by atoms with Gasteiger partial charge in [-0.05, 0) is 25.4 Å². The molecule has 1 fully saturated rings. The van der Waals surface area contributed by atoms with Crippen molar-refractivity contribution >= 4 is 35.3 Å². The zero-order valence-corrected chi connectivity index (χ0v) is 13.2. The molecule has 2 rings (SSSR count). The maximum atomic E-state index is 6.04. The molecule has 5 nitrogen and oxygen atoms in total. The van der Waals surface area contributed by atoms with Crippen LogP contribution in [0.3, 0.4) is 0 Å². The normalized spacial score (nSPS) is 19.6. The fraction of sp³-hybridized carbons (Fsp3) is 0.750. The highest BCUT2D eigenvalue weighted by atomic mass is 35.5. The Labute approximate surface area is 123 Å². The minimum atomic E-state index is 0.276. The summed E-state index contributed by atoms with van der Waals surface area (Å²) in [5.41, 5.74) is 0. The number of anilines is 2. The zero-order chi connectivity index (χ0) is 13.8. The molecule has 1 aliphatic heterocycles. The molecule has 19 heavy (non-hydrogen) atoms. The van der Waals surface area contributed by atoms with E-state index >= 15 is 0 Å². The number of rotatable bonds is 4. The number of halogens is 1. The maximum absolute atomic E-state index is 6.04. The van der Waals surface area contributed by atoms with Crippen LogP contribution in [0.5, 0.6) is 0 Å². The maximum Gasteiger partial charge on any atom is 0.231 e. The molecule has 1 unspecified atom stereocenters. The van der Waals surface area contributed by atoms with Crippen molar-refractivity contribution in [2.45, 2.75) is 26.0 Å². The first-order chi connectivity index (χ1) is 9.13. The second-order valence-electron chi connectivity index (χ2n) is 4.50. The van der Waals surface area contributed by atoms with Crippen LogP contribution in [-0.2, 0) is 0 Å².